The molecule has 0 bridgehead atoms. The normalized spacial score (nSPS) is 10.6. The Balaban J connectivity index is 3.02. The highest BCUT2D eigenvalue weighted by Gasteiger charge is 2.00. The molecule has 2 aromatic heterocycles. The van der Waals surface area contributed by atoms with Crippen LogP contribution in [0.3, 0.4) is 0 Å². The lowest BCUT2D eigenvalue weighted by Crippen LogP contribution is -2.10. The molecule has 5 heteroatoms. The Hall–Kier alpha value is -1.65. The summed E-state index contributed by atoms with van der Waals surface area (Å²) in [4.78, 5) is 17.4. The monoisotopic (exact) mass is 150 g/mol. The van der Waals surface area contributed by atoms with Crippen molar-refractivity contribution in [2.45, 2.75) is 6.92 Å². The first kappa shape index (κ1) is 6.09. The Morgan fingerprint density at radius 3 is 3.18 bits per heavy atom. The molecule has 2 rings (SSSR count). The van der Waals surface area contributed by atoms with Crippen LogP contribution in [0.5, 0.6) is 0 Å². The van der Waals surface area contributed by atoms with Gasteiger partial charge in [0.1, 0.15) is 6.33 Å². The van der Waals surface area contributed by atoms with Gasteiger partial charge in [-0.05, 0) is 6.92 Å². The summed E-state index contributed by atoms with van der Waals surface area (Å²) in [6.07, 6.45) is 3.04. The fourth-order valence-corrected chi connectivity index (χ4v) is 0.942. The fraction of sp³-hybridized carbons (Fsp3) is 0.167. The molecular weight excluding hydrogens is 144 g/mol. The van der Waals surface area contributed by atoms with Crippen LogP contribution in [0.1, 0.15) is 5.69 Å². The zero-order chi connectivity index (χ0) is 7.84. The van der Waals surface area contributed by atoms with Crippen molar-refractivity contribution in [1.29, 1.82) is 0 Å². The summed E-state index contributed by atoms with van der Waals surface area (Å²) in [5.74, 6) is 0. The van der Waals surface area contributed by atoms with Crippen LogP contribution in [0.4, 0.5) is 0 Å². The van der Waals surface area contributed by atoms with Gasteiger partial charge < -0.3 is 4.98 Å². The van der Waals surface area contributed by atoms with E-state index < -0.39 is 0 Å². The van der Waals surface area contributed by atoms with Gasteiger partial charge in [-0.25, -0.2) is 9.50 Å². The van der Waals surface area contributed by atoms with Gasteiger partial charge in [0.15, 0.2) is 0 Å². The molecule has 0 amide bonds. The lowest BCUT2D eigenvalue weighted by atomic mass is 10.6. The van der Waals surface area contributed by atoms with Crippen LogP contribution in [0.25, 0.3) is 5.65 Å². The quantitative estimate of drug-likeness (QED) is 0.562. The minimum Gasteiger partial charge on any atom is -0.308 e. The maximum Gasteiger partial charge on any atom is 0.294 e. The Bertz CT molecular complexity index is 441. The van der Waals surface area contributed by atoms with Crippen molar-refractivity contribution in [2.75, 3.05) is 0 Å². The first-order valence-electron chi connectivity index (χ1n) is 3.17. The van der Waals surface area contributed by atoms with Gasteiger partial charge in [0.05, 0.1) is 11.9 Å². The number of nitrogens with zero attached hydrogens (tertiary/aromatic N) is 3. The Morgan fingerprint density at radius 2 is 2.45 bits per heavy atom. The maximum atomic E-state index is 11.0. The van der Waals surface area contributed by atoms with Crippen molar-refractivity contribution < 1.29 is 0 Å². The van der Waals surface area contributed by atoms with Gasteiger partial charge in [0.25, 0.3) is 5.56 Å². The third kappa shape index (κ3) is 0.813. The van der Waals surface area contributed by atoms with Crippen molar-refractivity contribution in [3.63, 3.8) is 0 Å². The van der Waals surface area contributed by atoms with Crippen molar-refractivity contribution >= 4 is 5.65 Å². The standard InChI is InChI=1S/C6H6N4O/c1-4-2-10-5(9-4)6(11)7-3-8-10/h2-3H,1H3,(H,7,8,11). The molecule has 0 fully saturated rings. The minimum absolute atomic E-state index is 0.215. The third-order valence-electron chi connectivity index (χ3n) is 1.39. The number of fused-ring (bicyclic) bond motifs is 1. The largest absolute Gasteiger partial charge is 0.308 e. The minimum atomic E-state index is -0.215. The third-order valence-corrected chi connectivity index (χ3v) is 1.39. The zero-order valence-corrected chi connectivity index (χ0v) is 5.90. The molecule has 1 N–H and O–H groups in total. The molecule has 0 aliphatic heterocycles. The lowest BCUT2D eigenvalue weighted by Gasteiger charge is -1.85. The number of aromatic amines is 1. The molecule has 2 aromatic rings. The molecule has 5 nitrogen and oxygen atoms in total. The molecule has 0 saturated heterocycles. The number of H-pyrrole nitrogens is 1. The van der Waals surface area contributed by atoms with Crippen molar-refractivity contribution in [1.82, 2.24) is 19.6 Å². The number of nitrogens with one attached hydrogen (secondary N) is 1. The number of aromatic nitrogens is 4. The lowest BCUT2D eigenvalue weighted by molar-refractivity contribution is 0.882. The van der Waals surface area contributed by atoms with Crippen LogP contribution in [-0.4, -0.2) is 19.6 Å². The molecule has 0 aliphatic carbocycles. The van der Waals surface area contributed by atoms with Gasteiger partial charge in [-0.1, -0.05) is 0 Å². The smallest absolute Gasteiger partial charge is 0.294 e. The van der Waals surface area contributed by atoms with E-state index >= 15 is 0 Å². The number of hydrogen-bond acceptors (Lipinski definition) is 3. The topological polar surface area (TPSA) is 63.1 Å². The molecule has 0 unspecified atom stereocenters. The highest BCUT2D eigenvalue weighted by molar-refractivity contribution is 5.34. The fourth-order valence-electron chi connectivity index (χ4n) is 0.942. The summed E-state index contributed by atoms with van der Waals surface area (Å²) < 4.78 is 1.45. The van der Waals surface area contributed by atoms with Crippen LogP contribution >= 0.6 is 0 Å². The van der Waals surface area contributed by atoms with Crippen LogP contribution in [0.15, 0.2) is 17.3 Å². The number of aryl methyl sites for hydroxylation is 1. The number of hydrogen-bond donors (Lipinski definition) is 1. The predicted molar refractivity (Wildman–Crippen MR) is 38.3 cm³/mol. The Morgan fingerprint density at radius 1 is 1.64 bits per heavy atom. The van der Waals surface area contributed by atoms with E-state index in [2.05, 4.69) is 15.1 Å². The summed E-state index contributed by atoms with van der Waals surface area (Å²) in [5.41, 5.74) is 0.910. The molecule has 0 spiro atoms. The van der Waals surface area contributed by atoms with Gasteiger partial charge in [-0.2, -0.15) is 5.10 Å². The van der Waals surface area contributed by atoms with Crippen LogP contribution < -0.4 is 5.56 Å². The van der Waals surface area contributed by atoms with Gasteiger partial charge in [-0.15, -0.1) is 0 Å². The molecule has 0 radical (unpaired) electrons. The summed E-state index contributed by atoms with van der Waals surface area (Å²) in [5, 5.41) is 3.86. The SMILES string of the molecule is Cc1cn2nc[nH]c(=O)c2n1. The summed E-state index contributed by atoms with van der Waals surface area (Å²) in [6, 6.07) is 0. The highest BCUT2D eigenvalue weighted by Crippen LogP contribution is 1.93. The van der Waals surface area contributed by atoms with Crippen LogP contribution in [0, 0.1) is 6.92 Å². The second kappa shape index (κ2) is 1.91. The summed E-state index contributed by atoms with van der Waals surface area (Å²) in [6.45, 7) is 1.81. The molecule has 2 heterocycles. The van der Waals surface area contributed by atoms with E-state index in [-0.39, 0.29) is 5.56 Å². The van der Waals surface area contributed by atoms with Gasteiger partial charge in [0, 0.05) is 0 Å². The summed E-state index contributed by atoms with van der Waals surface area (Å²) in [7, 11) is 0. The molecule has 0 saturated carbocycles. The average molecular weight is 150 g/mol. The van der Waals surface area contributed by atoms with E-state index in [0.29, 0.717) is 5.65 Å². The second-order valence-electron chi connectivity index (χ2n) is 2.27. The van der Waals surface area contributed by atoms with Crippen LogP contribution in [0.2, 0.25) is 0 Å². The molecule has 56 valence electrons. The molecule has 11 heavy (non-hydrogen) atoms. The molecular formula is C6H6N4O. The molecule has 0 atom stereocenters. The number of rotatable bonds is 0. The second-order valence-corrected chi connectivity index (χ2v) is 2.27. The highest BCUT2D eigenvalue weighted by atomic mass is 16.1. The Kier molecular flexibility index (Phi) is 1.06. The van der Waals surface area contributed by atoms with Crippen LogP contribution in [-0.2, 0) is 0 Å². The number of imidazole rings is 1. The van der Waals surface area contributed by atoms with Crippen molar-refractivity contribution in [2.24, 2.45) is 0 Å². The maximum absolute atomic E-state index is 11.0. The summed E-state index contributed by atoms with van der Waals surface area (Å²) >= 11 is 0. The first-order chi connectivity index (χ1) is 5.27. The van der Waals surface area contributed by atoms with Gasteiger partial charge >= 0.3 is 0 Å². The zero-order valence-electron chi connectivity index (χ0n) is 5.90. The first-order valence-corrected chi connectivity index (χ1v) is 3.17. The van der Waals surface area contributed by atoms with E-state index in [1.807, 2.05) is 6.92 Å². The van der Waals surface area contributed by atoms with Crippen molar-refractivity contribution in [3.8, 4) is 0 Å². The van der Waals surface area contributed by atoms with E-state index in [9.17, 15) is 4.79 Å². The van der Waals surface area contributed by atoms with E-state index in [1.165, 1.54) is 10.8 Å². The van der Waals surface area contributed by atoms with E-state index in [0.717, 1.165) is 5.69 Å². The van der Waals surface area contributed by atoms with Crippen molar-refractivity contribution in [3.05, 3.63) is 28.6 Å². The average Bonchev–Trinajstić information content (AvgIpc) is 2.31. The molecule has 0 aromatic carbocycles. The molecule has 0 aliphatic rings. The van der Waals surface area contributed by atoms with Gasteiger partial charge in [-0.3, -0.25) is 4.79 Å². The van der Waals surface area contributed by atoms with E-state index in [4.69, 9.17) is 0 Å². The van der Waals surface area contributed by atoms with Gasteiger partial charge in [0.2, 0.25) is 5.65 Å². The Labute approximate surface area is 61.7 Å². The predicted octanol–water partition coefficient (Wildman–Crippen LogP) is -0.274. The van der Waals surface area contributed by atoms with E-state index in [1.54, 1.807) is 6.20 Å².